The number of ketones is 1. The molecule has 0 radical (unpaired) electrons. The number of hydrogen-bond donors (Lipinski definition) is 1. The molecule has 2 aromatic carbocycles. The summed E-state index contributed by atoms with van der Waals surface area (Å²) in [6, 6.07) is 19.6. The van der Waals surface area contributed by atoms with E-state index in [-0.39, 0.29) is 48.8 Å². The molecule has 1 heterocycles. The lowest BCUT2D eigenvalue weighted by atomic mass is 9.80. The van der Waals surface area contributed by atoms with E-state index in [0.717, 1.165) is 30.5 Å². The van der Waals surface area contributed by atoms with Crippen molar-refractivity contribution in [2.75, 3.05) is 13.7 Å². The molecule has 0 aliphatic carbocycles. The van der Waals surface area contributed by atoms with Gasteiger partial charge in [0.2, 0.25) is 0 Å². The molecule has 1 saturated heterocycles. The summed E-state index contributed by atoms with van der Waals surface area (Å²) in [5.74, 6) is -1.29. The molecule has 1 N–H and O–H groups in total. The van der Waals surface area contributed by atoms with Gasteiger partial charge >= 0.3 is 5.97 Å². The predicted molar refractivity (Wildman–Crippen MR) is 125 cm³/mol. The van der Waals surface area contributed by atoms with Gasteiger partial charge in [-0.15, -0.1) is 0 Å². The lowest BCUT2D eigenvalue weighted by Crippen LogP contribution is -2.43. The molecule has 5 heteroatoms. The van der Waals surface area contributed by atoms with Crippen molar-refractivity contribution in [2.45, 2.75) is 57.8 Å². The highest BCUT2D eigenvalue weighted by molar-refractivity contribution is 5.87. The van der Waals surface area contributed by atoms with Gasteiger partial charge in [-0.25, -0.2) is 0 Å². The van der Waals surface area contributed by atoms with Gasteiger partial charge < -0.3 is 14.8 Å². The van der Waals surface area contributed by atoms with Crippen LogP contribution in [0.25, 0.3) is 0 Å². The van der Waals surface area contributed by atoms with E-state index in [9.17, 15) is 9.59 Å². The van der Waals surface area contributed by atoms with E-state index in [4.69, 9.17) is 9.47 Å². The number of nitrogens with one attached hydrogen (secondary N) is 1. The SMILES string of the molecule is CO[C@@H]([C@@H]1CCCN1)[C@@H](C)C(=O)C[C@H](C(=O)OCc1ccccc1)[C@@H](C)c1ccccc1. The average Bonchev–Trinajstić information content (AvgIpc) is 3.36. The second-order valence-corrected chi connectivity index (χ2v) is 8.76. The van der Waals surface area contributed by atoms with Gasteiger partial charge in [-0.1, -0.05) is 74.5 Å². The molecule has 0 saturated carbocycles. The predicted octanol–water partition coefficient (Wildman–Crippen LogP) is 4.51. The summed E-state index contributed by atoms with van der Waals surface area (Å²) in [6.45, 7) is 5.06. The summed E-state index contributed by atoms with van der Waals surface area (Å²) in [5, 5.41) is 3.44. The van der Waals surface area contributed by atoms with Gasteiger partial charge in [0.1, 0.15) is 12.4 Å². The second-order valence-electron chi connectivity index (χ2n) is 8.76. The van der Waals surface area contributed by atoms with Crippen LogP contribution in [0.15, 0.2) is 60.7 Å². The molecule has 5 atom stereocenters. The lowest BCUT2D eigenvalue weighted by molar-refractivity contribution is -0.153. The van der Waals surface area contributed by atoms with Crippen molar-refractivity contribution >= 4 is 11.8 Å². The molecular formula is C27H35NO4. The maximum atomic E-state index is 13.3. The van der Waals surface area contributed by atoms with E-state index in [1.54, 1.807) is 7.11 Å². The van der Waals surface area contributed by atoms with E-state index in [2.05, 4.69) is 5.32 Å². The molecule has 1 fully saturated rings. The molecule has 0 unspecified atom stereocenters. The number of ether oxygens (including phenoxy) is 2. The van der Waals surface area contributed by atoms with Crippen LogP contribution in [-0.2, 0) is 25.7 Å². The molecule has 0 amide bonds. The first-order valence-corrected chi connectivity index (χ1v) is 11.6. The highest BCUT2D eigenvalue weighted by atomic mass is 16.5. The van der Waals surface area contributed by atoms with Crippen LogP contribution in [0.5, 0.6) is 0 Å². The maximum Gasteiger partial charge on any atom is 0.310 e. The molecule has 32 heavy (non-hydrogen) atoms. The minimum Gasteiger partial charge on any atom is -0.461 e. The van der Waals surface area contributed by atoms with E-state index < -0.39 is 5.92 Å². The number of esters is 1. The minimum atomic E-state index is -0.551. The molecule has 3 rings (SSSR count). The Kier molecular flexibility index (Phi) is 9.00. The number of rotatable bonds is 11. The molecule has 0 spiro atoms. The Morgan fingerprint density at radius 3 is 2.28 bits per heavy atom. The lowest BCUT2D eigenvalue weighted by Gasteiger charge is -2.29. The third-order valence-electron chi connectivity index (χ3n) is 6.64. The number of carbonyl (C=O) groups is 2. The summed E-state index contributed by atoms with van der Waals surface area (Å²) in [4.78, 5) is 26.5. The van der Waals surface area contributed by atoms with Crippen molar-refractivity contribution in [3.8, 4) is 0 Å². The summed E-state index contributed by atoms with van der Waals surface area (Å²) in [5.41, 5.74) is 1.95. The van der Waals surface area contributed by atoms with E-state index in [0.29, 0.717) is 0 Å². The summed E-state index contributed by atoms with van der Waals surface area (Å²) in [7, 11) is 1.66. The van der Waals surface area contributed by atoms with Crippen LogP contribution in [0.4, 0.5) is 0 Å². The number of hydrogen-bond acceptors (Lipinski definition) is 5. The molecule has 2 aromatic rings. The van der Waals surface area contributed by atoms with Gasteiger partial charge in [0.15, 0.2) is 0 Å². The second kappa shape index (κ2) is 11.9. The monoisotopic (exact) mass is 437 g/mol. The zero-order chi connectivity index (χ0) is 22.9. The van der Waals surface area contributed by atoms with Crippen LogP contribution in [0.3, 0.4) is 0 Å². The van der Waals surface area contributed by atoms with Crippen LogP contribution in [-0.4, -0.2) is 37.6 Å². The fraction of sp³-hybridized carbons (Fsp3) is 0.481. The smallest absolute Gasteiger partial charge is 0.310 e. The minimum absolute atomic E-state index is 0.0370. The topological polar surface area (TPSA) is 64.6 Å². The highest BCUT2D eigenvalue weighted by Crippen LogP contribution is 2.31. The first-order valence-electron chi connectivity index (χ1n) is 11.6. The summed E-state index contributed by atoms with van der Waals surface area (Å²) in [6.07, 6.45) is 2.03. The molecule has 1 aliphatic heterocycles. The van der Waals surface area contributed by atoms with Crippen LogP contribution < -0.4 is 5.32 Å². The van der Waals surface area contributed by atoms with Crippen LogP contribution in [0.1, 0.15) is 50.2 Å². The fourth-order valence-corrected chi connectivity index (χ4v) is 4.58. The standard InChI is InChI=1S/C27H35NO4/c1-19(22-13-8-5-9-14-22)23(27(30)32-18-21-11-6-4-7-12-21)17-25(29)20(2)26(31-3)24-15-10-16-28-24/h4-9,11-14,19-20,23-24,26,28H,10,15-18H2,1-3H3/t19-,20-,23-,24-,26+/m0/s1. The first kappa shape index (κ1) is 24.1. The Bertz CT molecular complexity index is 848. The molecule has 5 nitrogen and oxygen atoms in total. The van der Waals surface area contributed by atoms with Crippen molar-refractivity contribution < 1.29 is 19.1 Å². The maximum absolute atomic E-state index is 13.3. The number of methoxy groups -OCH3 is 1. The van der Waals surface area contributed by atoms with E-state index in [1.807, 2.05) is 74.5 Å². The summed E-state index contributed by atoms with van der Waals surface area (Å²) >= 11 is 0. The van der Waals surface area contributed by atoms with E-state index >= 15 is 0 Å². The van der Waals surface area contributed by atoms with Crippen LogP contribution >= 0.6 is 0 Å². The van der Waals surface area contributed by atoms with Gasteiger partial charge in [0.25, 0.3) is 0 Å². The van der Waals surface area contributed by atoms with E-state index in [1.165, 1.54) is 0 Å². The fourth-order valence-electron chi connectivity index (χ4n) is 4.58. The zero-order valence-corrected chi connectivity index (χ0v) is 19.3. The normalized spacial score (nSPS) is 19.7. The molecule has 1 aliphatic rings. The third-order valence-corrected chi connectivity index (χ3v) is 6.64. The number of benzene rings is 2. The Hall–Kier alpha value is -2.50. The average molecular weight is 438 g/mol. The van der Waals surface area contributed by atoms with Gasteiger partial charge in [0.05, 0.1) is 12.0 Å². The van der Waals surface area contributed by atoms with Crippen LogP contribution in [0, 0.1) is 11.8 Å². The zero-order valence-electron chi connectivity index (χ0n) is 19.3. The Morgan fingerprint density at radius 1 is 1.03 bits per heavy atom. The van der Waals surface area contributed by atoms with Crippen molar-refractivity contribution in [3.63, 3.8) is 0 Å². The quantitative estimate of drug-likeness (QED) is 0.524. The van der Waals surface area contributed by atoms with Crippen molar-refractivity contribution in [2.24, 2.45) is 11.8 Å². The van der Waals surface area contributed by atoms with Crippen molar-refractivity contribution in [1.82, 2.24) is 5.32 Å². The Labute approximate surface area is 191 Å². The number of carbonyl (C=O) groups excluding carboxylic acids is 2. The third kappa shape index (κ3) is 6.27. The molecular weight excluding hydrogens is 402 g/mol. The van der Waals surface area contributed by atoms with Crippen molar-refractivity contribution in [1.29, 1.82) is 0 Å². The highest BCUT2D eigenvalue weighted by Gasteiger charge is 2.36. The van der Waals surface area contributed by atoms with Gasteiger partial charge in [-0.3, -0.25) is 9.59 Å². The Morgan fingerprint density at radius 2 is 1.69 bits per heavy atom. The first-order chi connectivity index (χ1) is 15.5. The Balaban J connectivity index is 1.73. The van der Waals surface area contributed by atoms with Crippen molar-refractivity contribution in [3.05, 3.63) is 71.8 Å². The summed E-state index contributed by atoms with van der Waals surface area (Å²) < 4.78 is 11.4. The van der Waals surface area contributed by atoms with Gasteiger partial charge in [0, 0.05) is 25.5 Å². The van der Waals surface area contributed by atoms with Crippen LogP contribution in [0.2, 0.25) is 0 Å². The molecule has 0 bridgehead atoms. The number of Topliss-reactive ketones (excluding diaryl/α,β-unsaturated/α-hetero) is 1. The molecule has 0 aromatic heterocycles. The molecule has 172 valence electrons. The van der Waals surface area contributed by atoms with Gasteiger partial charge in [-0.2, -0.15) is 0 Å². The van der Waals surface area contributed by atoms with Gasteiger partial charge in [-0.05, 0) is 36.4 Å². The largest absolute Gasteiger partial charge is 0.461 e.